The van der Waals surface area contributed by atoms with E-state index in [1.807, 2.05) is 20.0 Å². The van der Waals surface area contributed by atoms with E-state index in [4.69, 9.17) is 15.2 Å². The zero-order valence-corrected chi connectivity index (χ0v) is 12.7. The third-order valence-corrected chi connectivity index (χ3v) is 3.79. The van der Waals surface area contributed by atoms with Crippen molar-refractivity contribution in [2.75, 3.05) is 13.7 Å². The molecule has 0 atom stereocenters. The number of hydrogen-bond acceptors (Lipinski definition) is 4. The molecule has 0 saturated heterocycles. The van der Waals surface area contributed by atoms with Gasteiger partial charge < -0.3 is 15.2 Å². The van der Waals surface area contributed by atoms with E-state index in [1.165, 1.54) is 0 Å². The smallest absolute Gasteiger partial charge is 0.128 e. The van der Waals surface area contributed by atoms with E-state index in [-0.39, 0.29) is 5.54 Å². The summed E-state index contributed by atoms with van der Waals surface area (Å²) in [5.41, 5.74) is 8.97. The van der Waals surface area contributed by atoms with Gasteiger partial charge in [0.1, 0.15) is 5.75 Å². The van der Waals surface area contributed by atoms with Gasteiger partial charge in [-0.3, -0.25) is 4.98 Å². The van der Waals surface area contributed by atoms with Crippen LogP contribution in [-0.2, 0) is 11.3 Å². The van der Waals surface area contributed by atoms with Crippen LogP contribution in [0.2, 0.25) is 0 Å². The van der Waals surface area contributed by atoms with Gasteiger partial charge in [-0.05, 0) is 26.7 Å². The number of rotatable bonds is 7. The largest absolute Gasteiger partial charge is 0.496 e. The van der Waals surface area contributed by atoms with Crippen LogP contribution in [-0.4, -0.2) is 24.2 Å². The van der Waals surface area contributed by atoms with Gasteiger partial charge in [0.05, 0.1) is 26.0 Å². The summed E-state index contributed by atoms with van der Waals surface area (Å²) in [7, 11) is 1.68. The zero-order chi connectivity index (χ0) is 14.5. The van der Waals surface area contributed by atoms with Crippen molar-refractivity contribution >= 4 is 0 Å². The van der Waals surface area contributed by atoms with Crippen molar-refractivity contribution < 1.29 is 9.47 Å². The van der Waals surface area contributed by atoms with Crippen LogP contribution in [0.4, 0.5) is 0 Å². The number of ether oxygens (including phenoxy) is 2. The minimum absolute atomic E-state index is 0.233. The molecule has 0 bridgehead atoms. The molecule has 0 unspecified atom stereocenters. The summed E-state index contributed by atoms with van der Waals surface area (Å²) in [6.45, 7) is 9.20. The highest BCUT2D eigenvalue weighted by atomic mass is 16.5. The van der Waals surface area contributed by atoms with Gasteiger partial charge in [-0.1, -0.05) is 13.8 Å². The lowest BCUT2D eigenvalue weighted by molar-refractivity contribution is 0.0673. The lowest BCUT2D eigenvalue weighted by Gasteiger charge is -2.26. The van der Waals surface area contributed by atoms with Gasteiger partial charge in [-0.2, -0.15) is 0 Å². The van der Waals surface area contributed by atoms with Crippen molar-refractivity contribution in [3.8, 4) is 5.75 Å². The van der Waals surface area contributed by atoms with Gasteiger partial charge in [0, 0.05) is 22.9 Å². The maximum Gasteiger partial charge on any atom is 0.128 e. The first kappa shape index (κ1) is 15.9. The Bertz CT molecular complexity index is 415. The quantitative estimate of drug-likeness (QED) is 0.824. The van der Waals surface area contributed by atoms with E-state index in [1.54, 1.807) is 7.11 Å². The van der Waals surface area contributed by atoms with Crippen LogP contribution in [0.15, 0.2) is 6.20 Å². The summed E-state index contributed by atoms with van der Waals surface area (Å²) in [5.74, 6) is 0.888. The molecule has 0 aliphatic carbocycles. The van der Waals surface area contributed by atoms with Crippen LogP contribution >= 0.6 is 0 Å². The van der Waals surface area contributed by atoms with Crippen molar-refractivity contribution in [3.63, 3.8) is 0 Å². The fourth-order valence-electron chi connectivity index (χ4n) is 2.02. The number of aryl methyl sites for hydroxylation is 1. The van der Waals surface area contributed by atoms with Crippen molar-refractivity contribution in [2.24, 2.45) is 5.73 Å². The molecule has 0 spiro atoms. The number of nitrogens with two attached hydrogens (primary N) is 1. The predicted octanol–water partition coefficient (Wildman–Crippen LogP) is 2.74. The van der Waals surface area contributed by atoms with Crippen LogP contribution in [0.25, 0.3) is 0 Å². The summed E-state index contributed by atoms with van der Waals surface area (Å²) in [6.07, 6.45) is 3.64. The molecule has 0 aliphatic heterocycles. The second kappa shape index (κ2) is 6.87. The number of hydrogen-bond donors (Lipinski definition) is 1. The Balaban J connectivity index is 2.69. The molecule has 1 aromatic rings. The van der Waals surface area contributed by atoms with Crippen molar-refractivity contribution in [1.82, 2.24) is 4.98 Å². The molecule has 19 heavy (non-hydrogen) atoms. The first-order valence-electron chi connectivity index (χ1n) is 6.83. The minimum Gasteiger partial charge on any atom is -0.496 e. The molecule has 1 heterocycles. The Hall–Kier alpha value is -1.13. The Kier molecular flexibility index (Phi) is 5.76. The molecule has 1 aromatic heterocycles. The highest BCUT2D eigenvalue weighted by molar-refractivity contribution is 5.40. The molecule has 0 aromatic carbocycles. The molecule has 4 nitrogen and oxygen atoms in total. The van der Waals surface area contributed by atoms with Crippen LogP contribution in [0.1, 0.15) is 43.5 Å². The second-order valence-corrected chi connectivity index (χ2v) is 5.11. The number of pyridine rings is 1. The maximum absolute atomic E-state index is 6.21. The van der Waals surface area contributed by atoms with Crippen LogP contribution in [0, 0.1) is 13.8 Å². The maximum atomic E-state index is 6.21. The standard InChI is InChI=1S/C15H26N2O2/c1-6-15(16,7-2)10-19-9-13-12(4)14(18-5)11(3)8-17-13/h8H,6-7,9-10,16H2,1-5H3. The van der Waals surface area contributed by atoms with E-state index in [9.17, 15) is 0 Å². The number of methoxy groups -OCH3 is 1. The molecule has 0 saturated carbocycles. The second-order valence-electron chi connectivity index (χ2n) is 5.11. The summed E-state index contributed by atoms with van der Waals surface area (Å²) >= 11 is 0. The summed E-state index contributed by atoms with van der Waals surface area (Å²) in [5, 5.41) is 0. The van der Waals surface area contributed by atoms with Gasteiger partial charge in [-0.25, -0.2) is 0 Å². The molecular formula is C15H26N2O2. The molecule has 0 amide bonds. The normalized spacial score (nSPS) is 11.7. The van der Waals surface area contributed by atoms with E-state index in [2.05, 4.69) is 18.8 Å². The van der Waals surface area contributed by atoms with E-state index in [0.717, 1.165) is 35.4 Å². The van der Waals surface area contributed by atoms with E-state index >= 15 is 0 Å². The van der Waals surface area contributed by atoms with Crippen molar-refractivity contribution in [2.45, 2.75) is 52.7 Å². The van der Waals surface area contributed by atoms with Gasteiger partial charge in [0.15, 0.2) is 0 Å². The molecular weight excluding hydrogens is 240 g/mol. The highest BCUT2D eigenvalue weighted by Crippen LogP contribution is 2.24. The number of nitrogens with zero attached hydrogens (tertiary/aromatic N) is 1. The molecule has 4 heteroatoms. The van der Waals surface area contributed by atoms with Crippen molar-refractivity contribution in [3.05, 3.63) is 23.0 Å². The molecule has 0 aliphatic rings. The van der Waals surface area contributed by atoms with E-state index < -0.39 is 0 Å². The topological polar surface area (TPSA) is 57.4 Å². The lowest BCUT2D eigenvalue weighted by Crippen LogP contribution is -2.43. The average Bonchev–Trinajstić information content (AvgIpc) is 2.41. The summed E-state index contributed by atoms with van der Waals surface area (Å²) < 4.78 is 11.1. The third kappa shape index (κ3) is 3.91. The Morgan fingerprint density at radius 3 is 2.42 bits per heavy atom. The number of aromatic nitrogens is 1. The van der Waals surface area contributed by atoms with Gasteiger partial charge in [0.2, 0.25) is 0 Å². The molecule has 108 valence electrons. The summed E-state index contributed by atoms with van der Waals surface area (Å²) in [4.78, 5) is 4.41. The molecule has 1 rings (SSSR count). The molecule has 0 fully saturated rings. The molecule has 0 radical (unpaired) electrons. The first-order valence-corrected chi connectivity index (χ1v) is 6.83. The highest BCUT2D eigenvalue weighted by Gasteiger charge is 2.20. The van der Waals surface area contributed by atoms with E-state index in [0.29, 0.717) is 13.2 Å². The Morgan fingerprint density at radius 2 is 1.89 bits per heavy atom. The van der Waals surface area contributed by atoms with Gasteiger partial charge in [-0.15, -0.1) is 0 Å². The third-order valence-electron chi connectivity index (χ3n) is 3.79. The van der Waals surface area contributed by atoms with Crippen LogP contribution < -0.4 is 10.5 Å². The molecule has 2 N–H and O–H groups in total. The fourth-order valence-corrected chi connectivity index (χ4v) is 2.02. The monoisotopic (exact) mass is 266 g/mol. The van der Waals surface area contributed by atoms with Gasteiger partial charge in [0.25, 0.3) is 0 Å². The Labute approximate surface area is 116 Å². The lowest BCUT2D eigenvalue weighted by atomic mass is 9.96. The average molecular weight is 266 g/mol. The zero-order valence-electron chi connectivity index (χ0n) is 12.7. The van der Waals surface area contributed by atoms with Crippen molar-refractivity contribution in [1.29, 1.82) is 0 Å². The predicted molar refractivity (Wildman–Crippen MR) is 77.4 cm³/mol. The summed E-state index contributed by atoms with van der Waals surface area (Å²) in [6, 6.07) is 0. The first-order chi connectivity index (χ1) is 8.97. The van der Waals surface area contributed by atoms with Crippen LogP contribution in [0.5, 0.6) is 5.75 Å². The Morgan fingerprint density at radius 1 is 1.26 bits per heavy atom. The fraction of sp³-hybridized carbons (Fsp3) is 0.667. The van der Waals surface area contributed by atoms with Gasteiger partial charge >= 0.3 is 0 Å². The SMILES string of the molecule is CCC(N)(CC)COCc1ncc(C)c(OC)c1C. The minimum atomic E-state index is -0.233. The van der Waals surface area contributed by atoms with Crippen LogP contribution in [0.3, 0.4) is 0 Å².